The number of carbonyl (C=O) groups excluding carboxylic acids is 3. The van der Waals surface area contributed by atoms with Gasteiger partial charge in [-0.15, -0.1) is 0 Å². The molecule has 3 amide bonds. The van der Waals surface area contributed by atoms with Crippen LogP contribution in [0.15, 0.2) is 11.4 Å². The number of anilines is 1. The van der Waals surface area contributed by atoms with Crippen LogP contribution in [-0.2, 0) is 16.6 Å². The Morgan fingerprint density at radius 1 is 1.11 bits per heavy atom. The molecule has 1 aliphatic heterocycles. The van der Waals surface area contributed by atoms with Crippen molar-refractivity contribution in [3.63, 3.8) is 0 Å². The number of aromatic hydroxyl groups is 1. The summed E-state index contributed by atoms with van der Waals surface area (Å²) in [7, 11) is 5.98. The van der Waals surface area contributed by atoms with E-state index in [0.29, 0.717) is 0 Å². The molecular formula is C17H26N6O4. The molecule has 10 heteroatoms. The summed E-state index contributed by atoms with van der Waals surface area (Å²) < 4.78 is 1.22. The van der Waals surface area contributed by atoms with Crippen molar-refractivity contribution in [2.75, 3.05) is 26.5 Å². The number of aromatic nitrogens is 2. The topological polar surface area (TPSA) is 120 Å². The van der Waals surface area contributed by atoms with Gasteiger partial charge < -0.3 is 20.6 Å². The number of rotatable bonds is 6. The molecule has 0 aromatic carbocycles. The van der Waals surface area contributed by atoms with E-state index in [1.165, 1.54) is 23.7 Å². The maximum Gasteiger partial charge on any atom is 0.279 e. The minimum absolute atomic E-state index is 0.0211. The van der Waals surface area contributed by atoms with Crippen LogP contribution in [0.25, 0.3) is 0 Å². The minimum Gasteiger partial charge on any atom is -0.503 e. The summed E-state index contributed by atoms with van der Waals surface area (Å²) in [6.07, 6.45) is 0. The van der Waals surface area contributed by atoms with E-state index < -0.39 is 23.5 Å². The molecule has 3 N–H and O–H groups in total. The summed E-state index contributed by atoms with van der Waals surface area (Å²) in [4.78, 5) is 39.4. The zero-order valence-electron chi connectivity index (χ0n) is 16.6. The third-order valence-electron chi connectivity index (χ3n) is 4.53. The highest BCUT2D eigenvalue weighted by atomic mass is 16.3. The second-order valence-corrected chi connectivity index (χ2v) is 7.09. The van der Waals surface area contributed by atoms with Crippen LogP contribution in [0, 0.1) is 5.92 Å². The van der Waals surface area contributed by atoms with Gasteiger partial charge in [-0.25, -0.2) is 0 Å². The Kier molecular flexibility index (Phi) is 5.48. The smallest absolute Gasteiger partial charge is 0.279 e. The van der Waals surface area contributed by atoms with Crippen molar-refractivity contribution >= 4 is 23.5 Å². The van der Waals surface area contributed by atoms with E-state index in [9.17, 15) is 19.5 Å². The van der Waals surface area contributed by atoms with E-state index in [-0.39, 0.29) is 34.9 Å². The molecule has 0 saturated heterocycles. The van der Waals surface area contributed by atoms with Gasteiger partial charge in [0.15, 0.2) is 17.3 Å². The number of nitrogens with zero attached hydrogens (tertiary/aromatic N) is 4. The van der Waals surface area contributed by atoms with Gasteiger partial charge in [-0.3, -0.25) is 24.0 Å². The van der Waals surface area contributed by atoms with Gasteiger partial charge in [0.2, 0.25) is 0 Å². The predicted octanol–water partition coefficient (Wildman–Crippen LogP) is 0.0837. The van der Waals surface area contributed by atoms with Gasteiger partial charge in [-0.05, 0) is 12.8 Å². The summed E-state index contributed by atoms with van der Waals surface area (Å²) in [6.45, 7) is 5.87. The lowest BCUT2D eigenvalue weighted by atomic mass is 10.1. The number of aryl methyl sites for hydroxylation is 1. The van der Waals surface area contributed by atoms with Crippen LogP contribution >= 0.6 is 0 Å². The van der Waals surface area contributed by atoms with E-state index in [2.05, 4.69) is 15.7 Å². The Labute approximate surface area is 157 Å². The Morgan fingerprint density at radius 3 is 2.19 bits per heavy atom. The van der Waals surface area contributed by atoms with Crippen LogP contribution in [0.3, 0.4) is 0 Å². The summed E-state index contributed by atoms with van der Waals surface area (Å²) >= 11 is 0. The average molecular weight is 378 g/mol. The van der Waals surface area contributed by atoms with Crippen LogP contribution < -0.4 is 10.6 Å². The van der Waals surface area contributed by atoms with E-state index >= 15 is 0 Å². The van der Waals surface area contributed by atoms with E-state index in [1.54, 1.807) is 14.1 Å². The first kappa shape index (κ1) is 20.3. The fourth-order valence-corrected chi connectivity index (χ4v) is 2.45. The van der Waals surface area contributed by atoms with Crippen molar-refractivity contribution in [1.29, 1.82) is 0 Å². The van der Waals surface area contributed by atoms with Gasteiger partial charge in [0.05, 0.1) is 0 Å². The number of hydrogen-bond acceptors (Lipinski definition) is 7. The van der Waals surface area contributed by atoms with Crippen molar-refractivity contribution < 1.29 is 19.5 Å². The molecule has 0 spiro atoms. The Bertz CT molecular complexity index is 824. The molecule has 1 aliphatic rings. The summed E-state index contributed by atoms with van der Waals surface area (Å²) in [6, 6.07) is -0.0664. The van der Waals surface area contributed by atoms with Crippen LogP contribution in [0.2, 0.25) is 0 Å². The normalized spacial score (nSPS) is 15.6. The number of hydrogen-bond donors (Lipinski definition) is 3. The molecule has 0 bridgehead atoms. The van der Waals surface area contributed by atoms with Crippen molar-refractivity contribution in [3.8, 4) is 5.75 Å². The number of carbonyl (C=O) groups is 3. The minimum atomic E-state index is -0.552. The maximum atomic E-state index is 12.5. The molecule has 0 aliphatic carbocycles. The molecule has 2 heterocycles. The van der Waals surface area contributed by atoms with Gasteiger partial charge in [0.25, 0.3) is 17.7 Å². The van der Waals surface area contributed by atoms with Gasteiger partial charge in [0, 0.05) is 34.2 Å². The zero-order chi connectivity index (χ0) is 20.6. The van der Waals surface area contributed by atoms with Crippen LogP contribution in [-0.4, -0.2) is 69.6 Å². The lowest BCUT2D eigenvalue weighted by Gasteiger charge is -2.19. The number of amides is 3. The fourth-order valence-electron chi connectivity index (χ4n) is 2.45. The van der Waals surface area contributed by atoms with Crippen LogP contribution in [0.1, 0.15) is 31.3 Å². The molecule has 10 nitrogen and oxygen atoms in total. The first-order valence-corrected chi connectivity index (χ1v) is 8.55. The Morgan fingerprint density at radius 2 is 1.67 bits per heavy atom. The number of imide groups is 1. The Balaban J connectivity index is 2.45. The number of likely N-dealkylation sites (N-methyl/N-ethyl adjacent to an activating group) is 1. The third-order valence-corrected chi connectivity index (χ3v) is 4.53. The lowest BCUT2D eigenvalue weighted by molar-refractivity contribution is -0.136. The molecule has 148 valence electrons. The molecule has 0 radical (unpaired) electrons. The molecule has 0 saturated carbocycles. The van der Waals surface area contributed by atoms with Crippen molar-refractivity contribution in [1.82, 2.24) is 24.9 Å². The van der Waals surface area contributed by atoms with Crippen LogP contribution in [0.4, 0.5) is 5.82 Å². The van der Waals surface area contributed by atoms with Crippen LogP contribution in [0.5, 0.6) is 5.75 Å². The third kappa shape index (κ3) is 3.60. The Hall–Kier alpha value is -3.04. The van der Waals surface area contributed by atoms with Gasteiger partial charge in [0.1, 0.15) is 11.4 Å². The maximum absolute atomic E-state index is 12.5. The SMILES string of the molecule is CC(C)[C@H](C)NC1=C(Nc2nn(C)c(C(=O)N(C)C)c2O)C(=O)N(C)C1=O. The second kappa shape index (κ2) is 7.29. The van der Waals surface area contributed by atoms with Gasteiger partial charge >= 0.3 is 0 Å². The lowest BCUT2D eigenvalue weighted by Crippen LogP contribution is -2.35. The van der Waals surface area contributed by atoms with E-state index in [1.807, 2.05) is 20.8 Å². The summed E-state index contributed by atoms with van der Waals surface area (Å²) in [5.74, 6) is -1.72. The molecule has 1 aromatic rings. The van der Waals surface area contributed by atoms with Crippen molar-refractivity contribution in [3.05, 3.63) is 17.1 Å². The van der Waals surface area contributed by atoms with E-state index in [0.717, 1.165) is 4.90 Å². The standard InChI is InChI=1S/C17H26N6O4/c1-8(2)9(3)18-10-11(16(26)22(6)15(10)25)19-14-13(24)12(23(7)20-14)17(27)21(4)5/h8-9,18,24H,1-7H3,(H,19,20)/t9-/m0/s1. The van der Waals surface area contributed by atoms with E-state index in [4.69, 9.17) is 0 Å². The highest BCUT2D eigenvalue weighted by Gasteiger charge is 2.38. The molecule has 1 atom stereocenters. The quantitative estimate of drug-likeness (QED) is 0.600. The molecule has 0 unspecified atom stereocenters. The average Bonchev–Trinajstić information content (AvgIpc) is 2.97. The predicted molar refractivity (Wildman–Crippen MR) is 98.8 cm³/mol. The summed E-state index contributed by atoms with van der Waals surface area (Å²) in [5.41, 5.74) is 0.0553. The first-order valence-electron chi connectivity index (χ1n) is 8.55. The monoisotopic (exact) mass is 378 g/mol. The number of nitrogens with one attached hydrogen (secondary N) is 2. The molecular weight excluding hydrogens is 352 g/mol. The highest BCUT2D eigenvalue weighted by molar-refractivity contribution is 6.20. The van der Waals surface area contributed by atoms with Crippen molar-refractivity contribution in [2.24, 2.45) is 13.0 Å². The highest BCUT2D eigenvalue weighted by Crippen LogP contribution is 2.30. The van der Waals surface area contributed by atoms with Crippen molar-refractivity contribution in [2.45, 2.75) is 26.8 Å². The van der Waals surface area contributed by atoms with Gasteiger partial charge in [-0.2, -0.15) is 5.10 Å². The summed E-state index contributed by atoms with van der Waals surface area (Å²) in [5, 5.41) is 20.3. The molecule has 1 aromatic heterocycles. The first-order chi connectivity index (χ1) is 12.5. The molecule has 2 rings (SSSR count). The zero-order valence-corrected chi connectivity index (χ0v) is 16.6. The second-order valence-electron chi connectivity index (χ2n) is 7.09. The molecule has 0 fully saturated rings. The fraction of sp³-hybridized carbons (Fsp3) is 0.529. The molecule has 27 heavy (non-hydrogen) atoms. The van der Waals surface area contributed by atoms with Gasteiger partial charge in [-0.1, -0.05) is 13.8 Å². The largest absolute Gasteiger partial charge is 0.503 e.